The van der Waals surface area contributed by atoms with Crippen LogP contribution >= 0.6 is 0 Å². The molecule has 1 amide bonds. The van der Waals surface area contributed by atoms with Gasteiger partial charge >= 0.3 is 12.1 Å². The van der Waals surface area contributed by atoms with Crippen LogP contribution in [0.1, 0.15) is 29.6 Å². The number of Topliss-reactive ketones (excluding diaryl/α,β-unsaturated/α-hetero) is 1. The van der Waals surface area contributed by atoms with E-state index < -0.39 is 12.1 Å². The second-order valence-electron chi connectivity index (χ2n) is 4.55. The van der Waals surface area contributed by atoms with Crippen LogP contribution in [0.2, 0.25) is 0 Å². The predicted molar refractivity (Wildman–Crippen MR) is 72.4 cm³/mol. The molecule has 1 N–H and O–H groups in total. The molecule has 23 heavy (non-hydrogen) atoms. The summed E-state index contributed by atoms with van der Waals surface area (Å²) < 4.78 is 41.3. The maximum absolute atomic E-state index is 12.4. The lowest BCUT2D eigenvalue weighted by molar-refractivity contribution is -0.159. The highest BCUT2D eigenvalue weighted by Gasteiger charge is 2.38. The van der Waals surface area contributed by atoms with Crippen molar-refractivity contribution >= 4 is 11.7 Å². The van der Waals surface area contributed by atoms with Crippen LogP contribution in [0.5, 0.6) is 0 Å². The molecular weight excluding hydrogens is 315 g/mol. The molecule has 1 aromatic heterocycles. The van der Waals surface area contributed by atoms with Crippen molar-refractivity contribution in [1.29, 1.82) is 0 Å². The zero-order chi connectivity index (χ0) is 17.0. The van der Waals surface area contributed by atoms with Crippen molar-refractivity contribution in [3.8, 4) is 11.4 Å². The molecule has 2 rings (SSSR count). The average Bonchev–Trinajstić information content (AvgIpc) is 3.02. The minimum atomic E-state index is -4.71. The summed E-state index contributed by atoms with van der Waals surface area (Å²) in [5, 5.41) is 5.69. The van der Waals surface area contributed by atoms with Crippen molar-refractivity contribution in [3.05, 3.63) is 35.7 Å². The van der Waals surface area contributed by atoms with Gasteiger partial charge in [-0.1, -0.05) is 36.3 Å². The summed E-state index contributed by atoms with van der Waals surface area (Å²) in [7, 11) is 0. The Morgan fingerprint density at radius 1 is 1.22 bits per heavy atom. The van der Waals surface area contributed by atoms with Gasteiger partial charge in [0.1, 0.15) is 0 Å². The monoisotopic (exact) mass is 327 g/mol. The first-order chi connectivity index (χ1) is 10.8. The molecule has 0 unspecified atom stereocenters. The fourth-order valence-corrected chi connectivity index (χ4v) is 1.67. The predicted octanol–water partition coefficient (Wildman–Crippen LogP) is 2.46. The summed E-state index contributed by atoms with van der Waals surface area (Å²) in [4.78, 5) is 26.2. The number of halogens is 3. The fraction of sp³-hybridized carbons (Fsp3) is 0.286. The molecule has 0 spiro atoms. The number of rotatable bonds is 5. The van der Waals surface area contributed by atoms with Gasteiger partial charge in [-0.2, -0.15) is 18.2 Å². The maximum Gasteiger partial charge on any atom is 0.471 e. The van der Waals surface area contributed by atoms with Gasteiger partial charge in [-0.15, -0.1) is 0 Å². The van der Waals surface area contributed by atoms with E-state index in [1.165, 1.54) is 24.3 Å². The van der Waals surface area contributed by atoms with E-state index in [2.05, 4.69) is 20.0 Å². The highest BCUT2D eigenvalue weighted by Crippen LogP contribution is 2.29. The van der Waals surface area contributed by atoms with E-state index in [-0.39, 0.29) is 36.0 Å². The number of benzene rings is 1. The molecule has 122 valence electrons. The fourth-order valence-electron chi connectivity index (χ4n) is 1.67. The lowest BCUT2D eigenvalue weighted by atomic mass is 10.1. The number of nitrogens with zero attached hydrogens (tertiary/aromatic N) is 2. The zero-order valence-corrected chi connectivity index (χ0v) is 12.0. The molecule has 0 aliphatic heterocycles. The van der Waals surface area contributed by atoms with Crippen molar-refractivity contribution in [1.82, 2.24) is 15.5 Å². The molecule has 0 radical (unpaired) electrons. The standard InChI is InChI=1S/C14H12F3N3O3/c1-2-11(22)18-7-10(21)8-3-5-9(6-4-8)12-19-13(23-20-12)14(15,16)17/h3-6H,2,7H2,1H3,(H,18,22). The lowest BCUT2D eigenvalue weighted by Crippen LogP contribution is -2.28. The van der Waals surface area contributed by atoms with Crippen LogP contribution in [0.4, 0.5) is 13.2 Å². The maximum atomic E-state index is 12.4. The Morgan fingerprint density at radius 2 is 1.87 bits per heavy atom. The second-order valence-corrected chi connectivity index (χ2v) is 4.55. The SMILES string of the molecule is CCC(=O)NCC(=O)c1ccc(-c2noc(C(F)(F)F)n2)cc1. The molecule has 6 nitrogen and oxygen atoms in total. The number of hydrogen-bond donors (Lipinski definition) is 1. The molecule has 9 heteroatoms. The quantitative estimate of drug-likeness (QED) is 0.853. The van der Waals surface area contributed by atoms with E-state index in [9.17, 15) is 22.8 Å². The number of amides is 1. The number of ketones is 1. The van der Waals surface area contributed by atoms with Crippen LogP contribution in [-0.4, -0.2) is 28.4 Å². The molecule has 1 heterocycles. The number of carbonyl (C=O) groups excluding carboxylic acids is 2. The van der Waals surface area contributed by atoms with Gasteiger partial charge in [-0.25, -0.2) is 0 Å². The van der Waals surface area contributed by atoms with Crippen molar-refractivity contribution in [2.24, 2.45) is 0 Å². The third-order valence-electron chi connectivity index (χ3n) is 2.90. The third kappa shape index (κ3) is 4.15. The molecule has 0 aliphatic carbocycles. The summed E-state index contributed by atoms with van der Waals surface area (Å²) in [5.74, 6) is -2.23. The Balaban J connectivity index is 2.09. The van der Waals surface area contributed by atoms with E-state index >= 15 is 0 Å². The lowest BCUT2D eigenvalue weighted by Gasteiger charge is -2.03. The zero-order valence-electron chi connectivity index (χ0n) is 12.0. The van der Waals surface area contributed by atoms with Gasteiger partial charge in [0.05, 0.1) is 6.54 Å². The topological polar surface area (TPSA) is 85.1 Å². The first kappa shape index (κ1) is 16.7. The van der Waals surface area contributed by atoms with Crippen molar-refractivity contribution in [2.75, 3.05) is 6.54 Å². The Kier molecular flexibility index (Phi) is 4.77. The van der Waals surface area contributed by atoms with Gasteiger partial charge in [-0.3, -0.25) is 9.59 Å². The Hall–Kier alpha value is -2.71. The Bertz CT molecular complexity index is 708. The number of carbonyl (C=O) groups is 2. The van der Waals surface area contributed by atoms with Crippen LogP contribution in [0.25, 0.3) is 11.4 Å². The van der Waals surface area contributed by atoms with Crippen LogP contribution < -0.4 is 5.32 Å². The normalized spacial score (nSPS) is 11.3. The first-order valence-electron chi connectivity index (χ1n) is 6.62. The van der Waals surface area contributed by atoms with Gasteiger partial charge in [0.2, 0.25) is 11.7 Å². The number of nitrogens with one attached hydrogen (secondary N) is 1. The summed E-state index contributed by atoms with van der Waals surface area (Å²) in [6.07, 6.45) is -4.44. The van der Waals surface area contributed by atoms with E-state index in [1.807, 2.05) is 0 Å². The van der Waals surface area contributed by atoms with Crippen molar-refractivity contribution < 1.29 is 27.3 Å². The van der Waals surface area contributed by atoms with Crippen LogP contribution in [0.15, 0.2) is 28.8 Å². The summed E-state index contributed by atoms with van der Waals surface area (Å²) >= 11 is 0. The van der Waals surface area contributed by atoms with Crippen LogP contribution in [0, 0.1) is 0 Å². The minimum Gasteiger partial charge on any atom is -0.349 e. The van der Waals surface area contributed by atoms with E-state index in [0.717, 1.165) is 0 Å². The molecule has 0 bridgehead atoms. The summed E-state index contributed by atoms with van der Waals surface area (Å²) in [5.41, 5.74) is 0.586. The van der Waals surface area contributed by atoms with E-state index in [0.29, 0.717) is 5.56 Å². The molecule has 0 atom stereocenters. The van der Waals surface area contributed by atoms with Crippen molar-refractivity contribution in [3.63, 3.8) is 0 Å². The highest BCUT2D eigenvalue weighted by molar-refractivity contribution is 5.99. The highest BCUT2D eigenvalue weighted by atomic mass is 19.4. The van der Waals surface area contributed by atoms with Gasteiger partial charge < -0.3 is 9.84 Å². The Morgan fingerprint density at radius 3 is 2.39 bits per heavy atom. The molecule has 0 fully saturated rings. The molecule has 0 saturated carbocycles. The average molecular weight is 327 g/mol. The van der Waals surface area contributed by atoms with Crippen LogP contribution in [0.3, 0.4) is 0 Å². The van der Waals surface area contributed by atoms with Crippen LogP contribution in [-0.2, 0) is 11.0 Å². The second kappa shape index (κ2) is 6.59. The largest absolute Gasteiger partial charge is 0.471 e. The number of alkyl halides is 3. The Labute approximate surface area is 128 Å². The molecular formula is C14H12F3N3O3. The number of aromatic nitrogens is 2. The molecule has 2 aromatic rings. The summed E-state index contributed by atoms with van der Waals surface area (Å²) in [6, 6.07) is 5.64. The van der Waals surface area contributed by atoms with E-state index in [1.54, 1.807) is 6.92 Å². The number of hydrogen-bond acceptors (Lipinski definition) is 5. The van der Waals surface area contributed by atoms with Gasteiger partial charge in [0.15, 0.2) is 5.78 Å². The summed E-state index contributed by atoms with van der Waals surface area (Å²) in [6.45, 7) is 1.52. The van der Waals surface area contributed by atoms with Crippen molar-refractivity contribution in [2.45, 2.75) is 19.5 Å². The van der Waals surface area contributed by atoms with Gasteiger partial charge in [0, 0.05) is 17.5 Å². The molecule has 1 aromatic carbocycles. The third-order valence-corrected chi connectivity index (χ3v) is 2.90. The first-order valence-corrected chi connectivity index (χ1v) is 6.62. The molecule has 0 aliphatic rings. The smallest absolute Gasteiger partial charge is 0.349 e. The van der Waals surface area contributed by atoms with Gasteiger partial charge in [-0.05, 0) is 0 Å². The minimum absolute atomic E-state index is 0.146. The van der Waals surface area contributed by atoms with Gasteiger partial charge in [0.25, 0.3) is 0 Å². The molecule has 0 saturated heterocycles. The van der Waals surface area contributed by atoms with E-state index in [4.69, 9.17) is 0 Å².